The van der Waals surface area contributed by atoms with Crippen molar-refractivity contribution in [3.63, 3.8) is 0 Å². The van der Waals surface area contributed by atoms with Crippen LogP contribution >= 0.6 is 0 Å². The van der Waals surface area contributed by atoms with Crippen LogP contribution in [-0.4, -0.2) is 23.5 Å². The summed E-state index contributed by atoms with van der Waals surface area (Å²) in [6, 6.07) is 0. The molecule has 1 unspecified atom stereocenters. The van der Waals surface area contributed by atoms with Crippen molar-refractivity contribution in [1.82, 2.24) is 5.32 Å². The zero-order chi connectivity index (χ0) is 12.9. The molecule has 0 aromatic heterocycles. The van der Waals surface area contributed by atoms with Gasteiger partial charge in [0.1, 0.15) is 0 Å². The second kappa shape index (κ2) is 6.03. The first-order valence-corrected chi connectivity index (χ1v) is 6.50. The van der Waals surface area contributed by atoms with Crippen LogP contribution in [0.1, 0.15) is 52.4 Å². The van der Waals surface area contributed by atoms with E-state index in [2.05, 4.69) is 5.32 Å². The van der Waals surface area contributed by atoms with Crippen LogP contribution in [0.15, 0.2) is 0 Å². The lowest BCUT2D eigenvalue weighted by atomic mass is 9.75. The summed E-state index contributed by atoms with van der Waals surface area (Å²) < 4.78 is 0. The van der Waals surface area contributed by atoms with E-state index in [-0.39, 0.29) is 17.9 Å². The van der Waals surface area contributed by atoms with Crippen LogP contribution in [-0.2, 0) is 9.59 Å². The van der Waals surface area contributed by atoms with Gasteiger partial charge in [-0.1, -0.05) is 33.1 Å². The Morgan fingerprint density at radius 1 is 1.29 bits per heavy atom. The predicted octanol–water partition coefficient (Wildman–Crippen LogP) is 2.18. The van der Waals surface area contributed by atoms with Crippen molar-refractivity contribution in [1.29, 1.82) is 0 Å². The fraction of sp³-hybridized carbons (Fsp3) is 0.846. The van der Waals surface area contributed by atoms with Gasteiger partial charge in [0.15, 0.2) is 0 Å². The van der Waals surface area contributed by atoms with E-state index in [1.807, 2.05) is 13.8 Å². The lowest BCUT2D eigenvalue weighted by molar-refractivity contribution is -0.142. The molecule has 1 saturated carbocycles. The normalized spacial score (nSPS) is 20.6. The van der Waals surface area contributed by atoms with E-state index in [4.69, 9.17) is 5.11 Å². The second-order valence-electron chi connectivity index (χ2n) is 5.27. The molecular weight excluding hydrogens is 218 g/mol. The number of amides is 1. The number of carbonyl (C=O) groups is 2. The van der Waals surface area contributed by atoms with E-state index < -0.39 is 11.9 Å². The van der Waals surface area contributed by atoms with E-state index in [9.17, 15) is 9.59 Å². The molecule has 0 radical (unpaired) electrons. The molecule has 1 amide bonds. The molecule has 1 aliphatic carbocycles. The summed E-state index contributed by atoms with van der Waals surface area (Å²) in [6.07, 6.45) is 5.79. The summed E-state index contributed by atoms with van der Waals surface area (Å²) in [5.41, 5.74) is -0.283. The maximum atomic E-state index is 12.1. The molecule has 1 atom stereocenters. The van der Waals surface area contributed by atoms with Gasteiger partial charge < -0.3 is 10.4 Å². The topological polar surface area (TPSA) is 66.4 Å². The lowest BCUT2D eigenvalue weighted by Crippen LogP contribution is -2.43. The Morgan fingerprint density at radius 3 is 2.35 bits per heavy atom. The maximum Gasteiger partial charge on any atom is 0.308 e. The van der Waals surface area contributed by atoms with Crippen LogP contribution in [0.4, 0.5) is 0 Å². The van der Waals surface area contributed by atoms with Gasteiger partial charge in [-0.05, 0) is 19.3 Å². The largest absolute Gasteiger partial charge is 0.481 e. The fourth-order valence-corrected chi connectivity index (χ4v) is 2.39. The molecule has 2 N–H and O–H groups in total. The quantitative estimate of drug-likeness (QED) is 0.775. The predicted molar refractivity (Wildman–Crippen MR) is 65.6 cm³/mol. The molecule has 0 saturated heterocycles. The molecule has 1 fully saturated rings. The number of aliphatic carboxylic acids is 1. The van der Waals surface area contributed by atoms with Gasteiger partial charge in [0.05, 0.1) is 5.92 Å². The third-order valence-electron chi connectivity index (χ3n) is 3.86. The van der Waals surface area contributed by atoms with Crippen LogP contribution in [0, 0.1) is 11.3 Å². The van der Waals surface area contributed by atoms with Crippen molar-refractivity contribution >= 4 is 11.9 Å². The molecule has 1 aliphatic rings. The van der Waals surface area contributed by atoms with Crippen molar-refractivity contribution < 1.29 is 14.7 Å². The Hall–Kier alpha value is -1.06. The Labute approximate surface area is 103 Å². The molecule has 0 aromatic rings. The van der Waals surface area contributed by atoms with Crippen molar-refractivity contribution in [3.8, 4) is 0 Å². The van der Waals surface area contributed by atoms with Gasteiger partial charge >= 0.3 is 5.97 Å². The molecule has 0 aliphatic heterocycles. The van der Waals surface area contributed by atoms with Crippen molar-refractivity contribution in [3.05, 3.63) is 0 Å². The summed E-state index contributed by atoms with van der Waals surface area (Å²) in [4.78, 5) is 22.9. The van der Waals surface area contributed by atoms with E-state index in [1.165, 1.54) is 6.42 Å². The summed E-state index contributed by atoms with van der Waals surface area (Å²) in [7, 11) is 0. The molecule has 4 nitrogen and oxygen atoms in total. The summed E-state index contributed by atoms with van der Waals surface area (Å²) in [5, 5.41) is 11.7. The number of carboxylic acids is 1. The maximum absolute atomic E-state index is 12.1. The molecule has 0 bridgehead atoms. The number of carbonyl (C=O) groups excluding carboxylic acids is 1. The minimum Gasteiger partial charge on any atom is -0.481 e. The third-order valence-corrected chi connectivity index (χ3v) is 3.86. The average molecular weight is 241 g/mol. The van der Waals surface area contributed by atoms with Gasteiger partial charge in [-0.3, -0.25) is 9.59 Å². The van der Waals surface area contributed by atoms with Crippen LogP contribution in [0.3, 0.4) is 0 Å². The van der Waals surface area contributed by atoms with Gasteiger partial charge in [-0.25, -0.2) is 0 Å². The van der Waals surface area contributed by atoms with E-state index in [0.29, 0.717) is 6.42 Å². The molecular formula is C13H23NO3. The lowest BCUT2D eigenvalue weighted by Gasteiger charge is -2.32. The van der Waals surface area contributed by atoms with Crippen LogP contribution in [0.25, 0.3) is 0 Å². The Balaban J connectivity index is 2.45. The molecule has 98 valence electrons. The number of nitrogens with one attached hydrogen (secondary N) is 1. The van der Waals surface area contributed by atoms with Gasteiger partial charge in [-0.2, -0.15) is 0 Å². The molecule has 0 aromatic carbocycles. The van der Waals surface area contributed by atoms with Gasteiger partial charge in [0.2, 0.25) is 5.91 Å². The highest BCUT2D eigenvalue weighted by Gasteiger charge is 2.34. The molecule has 17 heavy (non-hydrogen) atoms. The van der Waals surface area contributed by atoms with Crippen LogP contribution in [0.2, 0.25) is 0 Å². The van der Waals surface area contributed by atoms with Crippen LogP contribution < -0.4 is 5.32 Å². The highest BCUT2D eigenvalue weighted by Crippen LogP contribution is 2.35. The molecule has 0 spiro atoms. The number of hydrogen-bond acceptors (Lipinski definition) is 2. The highest BCUT2D eigenvalue weighted by atomic mass is 16.4. The fourth-order valence-electron chi connectivity index (χ4n) is 2.39. The van der Waals surface area contributed by atoms with Crippen LogP contribution in [0.5, 0.6) is 0 Å². The third kappa shape index (κ3) is 3.72. The smallest absolute Gasteiger partial charge is 0.308 e. The number of hydrogen-bond donors (Lipinski definition) is 2. The SMILES string of the molecule is CCC(CNC(=O)C1(C)CCCCC1)C(=O)O. The van der Waals surface area contributed by atoms with E-state index in [0.717, 1.165) is 25.7 Å². The first kappa shape index (κ1) is 14.0. The molecule has 0 heterocycles. The van der Waals surface area contributed by atoms with Crippen molar-refractivity contribution in [2.24, 2.45) is 11.3 Å². The molecule has 4 heteroatoms. The van der Waals surface area contributed by atoms with E-state index in [1.54, 1.807) is 0 Å². The summed E-state index contributed by atoms with van der Waals surface area (Å²) >= 11 is 0. The summed E-state index contributed by atoms with van der Waals surface area (Å²) in [5.74, 6) is -1.27. The first-order chi connectivity index (χ1) is 7.99. The first-order valence-electron chi connectivity index (χ1n) is 6.50. The average Bonchev–Trinajstić information content (AvgIpc) is 2.30. The van der Waals surface area contributed by atoms with Crippen molar-refractivity contribution in [2.45, 2.75) is 52.4 Å². The zero-order valence-corrected chi connectivity index (χ0v) is 10.8. The molecule has 1 rings (SSSR count). The van der Waals surface area contributed by atoms with Gasteiger partial charge in [-0.15, -0.1) is 0 Å². The summed E-state index contributed by atoms with van der Waals surface area (Å²) in [6.45, 7) is 4.07. The van der Waals surface area contributed by atoms with Gasteiger partial charge in [0.25, 0.3) is 0 Å². The Kier molecular flexibility index (Phi) is 4.97. The number of carboxylic acid groups (broad SMARTS) is 1. The second-order valence-corrected chi connectivity index (χ2v) is 5.27. The minimum atomic E-state index is -0.832. The van der Waals surface area contributed by atoms with Crippen molar-refractivity contribution in [2.75, 3.05) is 6.54 Å². The highest BCUT2D eigenvalue weighted by molar-refractivity contribution is 5.82. The standard InChI is InChI=1S/C13H23NO3/c1-3-10(11(15)16)9-14-12(17)13(2)7-5-4-6-8-13/h10H,3-9H2,1-2H3,(H,14,17)(H,15,16). The van der Waals surface area contributed by atoms with Gasteiger partial charge in [0, 0.05) is 12.0 Å². The van der Waals surface area contributed by atoms with E-state index >= 15 is 0 Å². The monoisotopic (exact) mass is 241 g/mol. The zero-order valence-electron chi connectivity index (χ0n) is 10.8. The minimum absolute atomic E-state index is 0.0249. The Bertz CT molecular complexity index is 282. The number of rotatable bonds is 5. The Morgan fingerprint density at radius 2 is 1.88 bits per heavy atom.